The van der Waals surface area contributed by atoms with Crippen LogP contribution < -0.4 is 5.32 Å². The second-order valence-corrected chi connectivity index (χ2v) is 5.40. The fraction of sp³-hybridized carbons (Fsp3) is 0.750. The molecule has 1 aromatic heterocycles. The minimum absolute atomic E-state index is 0.689. The van der Waals surface area contributed by atoms with Crippen LogP contribution in [0.4, 0.5) is 0 Å². The Balaban J connectivity index is 1.74. The van der Waals surface area contributed by atoms with E-state index in [-0.39, 0.29) is 0 Å². The number of piperidine rings is 1. The van der Waals surface area contributed by atoms with Gasteiger partial charge in [0, 0.05) is 12.5 Å². The van der Waals surface area contributed by atoms with Crippen molar-refractivity contribution in [3.63, 3.8) is 0 Å². The summed E-state index contributed by atoms with van der Waals surface area (Å²) in [6.07, 6.45) is 6.92. The number of nitrogens with zero attached hydrogens (tertiary/aromatic N) is 2. The molecule has 16 heavy (non-hydrogen) atoms. The van der Waals surface area contributed by atoms with Crippen LogP contribution in [0.5, 0.6) is 0 Å². The molecule has 0 amide bonds. The van der Waals surface area contributed by atoms with Crippen molar-refractivity contribution in [3.05, 3.63) is 17.2 Å². The van der Waals surface area contributed by atoms with Gasteiger partial charge in [-0.05, 0) is 44.7 Å². The standard InChI is InChI=1S/C12H18ClN3/c13-11-7-15-12(10-1-2-10)16(11)8-9-3-5-14-6-4-9/h7,9-10,14H,1-6,8H2. The van der Waals surface area contributed by atoms with Gasteiger partial charge in [0.15, 0.2) is 0 Å². The van der Waals surface area contributed by atoms with Gasteiger partial charge >= 0.3 is 0 Å². The number of halogens is 1. The Labute approximate surface area is 101 Å². The number of nitrogens with one attached hydrogen (secondary N) is 1. The van der Waals surface area contributed by atoms with Gasteiger partial charge in [-0.25, -0.2) is 4.98 Å². The molecule has 0 atom stereocenters. The van der Waals surface area contributed by atoms with E-state index in [9.17, 15) is 0 Å². The molecule has 88 valence electrons. The number of rotatable bonds is 3. The summed E-state index contributed by atoms with van der Waals surface area (Å²) in [6, 6.07) is 0. The molecule has 3 rings (SSSR count). The van der Waals surface area contributed by atoms with Gasteiger partial charge in [-0.3, -0.25) is 0 Å². The van der Waals surface area contributed by atoms with Crippen LogP contribution in [0.15, 0.2) is 6.20 Å². The average Bonchev–Trinajstić information content (AvgIpc) is 3.08. The summed E-state index contributed by atoms with van der Waals surface area (Å²) in [4.78, 5) is 4.46. The molecule has 1 N–H and O–H groups in total. The van der Waals surface area contributed by atoms with Gasteiger partial charge in [0.2, 0.25) is 0 Å². The third-order valence-corrected chi connectivity index (χ3v) is 3.98. The Morgan fingerprint density at radius 3 is 2.75 bits per heavy atom. The van der Waals surface area contributed by atoms with Crippen LogP contribution in [-0.2, 0) is 6.54 Å². The predicted octanol–water partition coefficient (Wildman–Crippen LogP) is 2.41. The van der Waals surface area contributed by atoms with E-state index in [1.54, 1.807) is 0 Å². The van der Waals surface area contributed by atoms with Crippen LogP contribution in [0.2, 0.25) is 5.15 Å². The molecule has 1 aromatic rings. The second-order valence-electron chi connectivity index (χ2n) is 5.02. The van der Waals surface area contributed by atoms with E-state index in [1.807, 2.05) is 6.20 Å². The molecule has 0 unspecified atom stereocenters. The lowest BCUT2D eigenvalue weighted by atomic mass is 9.98. The zero-order valence-corrected chi connectivity index (χ0v) is 10.2. The number of aromatic nitrogens is 2. The summed E-state index contributed by atoms with van der Waals surface area (Å²) in [7, 11) is 0. The molecule has 1 saturated carbocycles. The highest BCUT2D eigenvalue weighted by Gasteiger charge is 2.29. The van der Waals surface area contributed by atoms with Gasteiger partial charge in [-0.1, -0.05) is 11.6 Å². The molecule has 2 heterocycles. The highest BCUT2D eigenvalue weighted by Crippen LogP contribution is 2.40. The second kappa shape index (κ2) is 4.38. The first kappa shape index (κ1) is 10.6. The highest BCUT2D eigenvalue weighted by atomic mass is 35.5. The first-order valence-electron chi connectivity index (χ1n) is 6.26. The Kier molecular flexibility index (Phi) is 2.90. The SMILES string of the molecule is Clc1cnc(C2CC2)n1CC1CCNCC1. The van der Waals surface area contributed by atoms with Crippen LogP contribution in [-0.4, -0.2) is 22.6 Å². The lowest BCUT2D eigenvalue weighted by Crippen LogP contribution is -2.30. The molecule has 1 saturated heterocycles. The van der Waals surface area contributed by atoms with Crippen molar-refractivity contribution in [3.8, 4) is 0 Å². The number of hydrogen-bond acceptors (Lipinski definition) is 2. The first-order chi connectivity index (χ1) is 7.84. The summed E-state index contributed by atoms with van der Waals surface area (Å²) >= 11 is 6.22. The van der Waals surface area contributed by atoms with E-state index in [2.05, 4.69) is 14.9 Å². The molecule has 2 fully saturated rings. The van der Waals surface area contributed by atoms with E-state index < -0.39 is 0 Å². The van der Waals surface area contributed by atoms with E-state index in [0.29, 0.717) is 5.92 Å². The van der Waals surface area contributed by atoms with E-state index in [4.69, 9.17) is 11.6 Å². The molecule has 1 aliphatic carbocycles. The van der Waals surface area contributed by atoms with Crippen LogP contribution in [0.25, 0.3) is 0 Å². The Morgan fingerprint density at radius 2 is 2.06 bits per heavy atom. The van der Waals surface area contributed by atoms with E-state index in [0.717, 1.165) is 30.7 Å². The van der Waals surface area contributed by atoms with Crippen LogP contribution in [0.3, 0.4) is 0 Å². The van der Waals surface area contributed by atoms with Crippen molar-refractivity contribution in [2.24, 2.45) is 5.92 Å². The third-order valence-electron chi connectivity index (χ3n) is 3.68. The largest absolute Gasteiger partial charge is 0.319 e. The maximum absolute atomic E-state index is 6.22. The first-order valence-corrected chi connectivity index (χ1v) is 6.64. The summed E-state index contributed by atoms with van der Waals surface area (Å²) in [5.41, 5.74) is 0. The summed E-state index contributed by atoms with van der Waals surface area (Å²) in [5, 5.41) is 4.22. The molecular formula is C12H18ClN3. The van der Waals surface area contributed by atoms with E-state index >= 15 is 0 Å². The summed E-state index contributed by atoms with van der Waals surface area (Å²) in [5.74, 6) is 2.68. The summed E-state index contributed by atoms with van der Waals surface area (Å²) in [6.45, 7) is 3.36. The third kappa shape index (κ3) is 2.11. The smallest absolute Gasteiger partial charge is 0.128 e. The highest BCUT2D eigenvalue weighted by molar-refractivity contribution is 6.29. The monoisotopic (exact) mass is 239 g/mol. The van der Waals surface area contributed by atoms with Gasteiger partial charge in [0.05, 0.1) is 6.20 Å². The van der Waals surface area contributed by atoms with Gasteiger partial charge in [-0.15, -0.1) is 0 Å². The molecule has 4 heteroatoms. The zero-order chi connectivity index (χ0) is 11.0. The molecule has 0 spiro atoms. The minimum Gasteiger partial charge on any atom is -0.319 e. The fourth-order valence-corrected chi connectivity index (χ4v) is 2.74. The van der Waals surface area contributed by atoms with Crippen LogP contribution >= 0.6 is 11.6 Å². The Hall–Kier alpha value is -0.540. The lowest BCUT2D eigenvalue weighted by Gasteiger charge is -2.24. The molecule has 0 aromatic carbocycles. The fourth-order valence-electron chi connectivity index (χ4n) is 2.54. The molecule has 0 bridgehead atoms. The van der Waals surface area contributed by atoms with Gasteiger partial charge in [-0.2, -0.15) is 0 Å². The maximum Gasteiger partial charge on any atom is 0.128 e. The number of imidazole rings is 1. The van der Waals surface area contributed by atoms with E-state index in [1.165, 1.54) is 31.5 Å². The van der Waals surface area contributed by atoms with Crippen molar-refractivity contribution in [1.82, 2.24) is 14.9 Å². The normalized spacial score (nSPS) is 22.6. The summed E-state index contributed by atoms with van der Waals surface area (Å²) < 4.78 is 2.25. The van der Waals surface area contributed by atoms with Gasteiger partial charge in [0.1, 0.15) is 11.0 Å². The zero-order valence-electron chi connectivity index (χ0n) is 9.45. The molecule has 0 radical (unpaired) electrons. The number of hydrogen-bond donors (Lipinski definition) is 1. The van der Waals surface area contributed by atoms with Gasteiger partial charge < -0.3 is 9.88 Å². The topological polar surface area (TPSA) is 29.9 Å². The van der Waals surface area contributed by atoms with Crippen molar-refractivity contribution >= 4 is 11.6 Å². The average molecular weight is 240 g/mol. The van der Waals surface area contributed by atoms with Gasteiger partial charge in [0.25, 0.3) is 0 Å². The minimum atomic E-state index is 0.689. The van der Waals surface area contributed by atoms with Crippen LogP contribution in [0, 0.1) is 5.92 Å². The molecule has 1 aliphatic heterocycles. The lowest BCUT2D eigenvalue weighted by molar-refractivity contribution is 0.330. The quantitative estimate of drug-likeness (QED) is 0.878. The van der Waals surface area contributed by atoms with Crippen molar-refractivity contribution < 1.29 is 0 Å². The maximum atomic E-state index is 6.22. The Morgan fingerprint density at radius 1 is 1.31 bits per heavy atom. The predicted molar refractivity (Wildman–Crippen MR) is 64.8 cm³/mol. The molecule has 2 aliphatic rings. The van der Waals surface area contributed by atoms with Crippen molar-refractivity contribution in [2.45, 2.75) is 38.1 Å². The Bertz CT molecular complexity index is 364. The molecular weight excluding hydrogens is 222 g/mol. The van der Waals surface area contributed by atoms with Crippen molar-refractivity contribution in [1.29, 1.82) is 0 Å². The van der Waals surface area contributed by atoms with Crippen molar-refractivity contribution in [2.75, 3.05) is 13.1 Å². The molecule has 3 nitrogen and oxygen atoms in total. The van der Waals surface area contributed by atoms with Crippen LogP contribution in [0.1, 0.15) is 37.4 Å².